The molecule has 0 spiro atoms. The zero-order valence-corrected chi connectivity index (χ0v) is 17.9. The van der Waals surface area contributed by atoms with E-state index in [-0.39, 0.29) is 5.91 Å². The third-order valence-electron chi connectivity index (χ3n) is 5.61. The summed E-state index contributed by atoms with van der Waals surface area (Å²) in [5, 5.41) is 4.47. The van der Waals surface area contributed by atoms with Gasteiger partial charge < -0.3 is 4.74 Å². The van der Waals surface area contributed by atoms with E-state index in [0.29, 0.717) is 12.2 Å². The Bertz CT molecular complexity index is 770. The summed E-state index contributed by atoms with van der Waals surface area (Å²) in [6.07, 6.45) is 13.6. The number of ether oxygens (including phenoxy) is 1. The highest BCUT2D eigenvalue weighted by Crippen LogP contribution is 2.16. The van der Waals surface area contributed by atoms with Gasteiger partial charge in [-0.15, -0.1) is 0 Å². The van der Waals surface area contributed by atoms with Crippen molar-refractivity contribution < 1.29 is 9.53 Å². The van der Waals surface area contributed by atoms with Crippen molar-refractivity contribution in [3.63, 3.8) is 0 Å². The van der Waals surface area contributed by atoms with Crippen molar-refractivity contribution in [3.05, 3.63) is 65.7 Å². The molecule has 1 N–H and O–H groups in total. The summed E-state index contributed by atoms with van der Waals surface area (Å²) >= 11 is 0. The first-order chi connectivity index (χ1) is 14.8. The van der Waals surface area contributed by atoms with E-state index in [1.807, 2.05) is 42.5 Å². The lowest BCUT2D eigenvalue weighted by Gasteiger charge is -2.10. The molecule has 0 radical (unpaired) electrons. The number of hydrogen-bond acceptors (Lipinski definition) is 3. The lowest BCUT2D eigenvalue weighted by atomic mass is 10.00. The van der Waals surface area contributed by atoms with E-state index < -0.39 is 0 Å². The molecule has 3 rings (SSSR count). The molecule has 0 unspecified atom stereocenters. The summed E-state index contributed by atoms with van der Waals surface area (Å²) in [5.41, 5.74) is 5.61. The van der Waals surface area contributed by atoms with E-state index in [0.717, 1.165) is 29.9 Å². The second-order valence-electron chi connectivity index (χ2n) is 8.10. The molecule has 2 aromatic carbocycles. The van der Waals surface area contributed by atoms with Crippen LogP contribution in [-0.4, -0.2) is 11.6 Å². The predicted molar refractivity (Wildman–Crippen MR) is 123 cm³/mol. The Morgan fingerprint density at radius 1 is 0.767 bits per heavy atom. The smallest absolute Gasteiger partial charge is 0.271 e. The zero-order valence-electron chi connectivity index (χ0n) is 17.9. The number of nitrogens with one attached hydrogen (secondary N) is 1. The van der Waals surface area contributed by atoms with Crippen LogP contribution in [0.1, 0.15) is 86.6 Å². The molecule has 0 saturated heterocycles. The van der Waals surface area contributed by atoms with Gasteiger partial charge >= 0.3 is 0 Å². The molecule has 0 atom stereocenters. The van der Waals surface area contributed by atoms with Crippen molar-refractivity contribution in [2.75, 3.05) is 0 Å². The molecule has 0 aliphatic heterocycles. The van der Waals surface area contributed by atoms with Crippen LogP contribution in [0.3, 0.4) is 0 Å². The standard InChI is InChI=1S/C26H34N2O2/c29-26(28-27-24-15-11-6-4-2-1-3-5-7-12-16-24)23-17-19-25(20-18-23)30-21-22-13-9-8-10-14-22/h8-10,13-14,17-20H,1-7,11-12,15-16,21H2,(H,28,29). The summed E-state index contributed by atoms with van der Waals surface area (Å²) in [7, 11) is 0. The largest absolute Gasteiger partial charge is 0.489 e. The molecule has 0 heterocycles. The molecule has 2 aromatic rings. The van der Waals surface area contributed by atoms with Crippen LogP contribution in [0.5, 0.6) is 5.75 Å². The third-order valence-corrected chi connectivity index (χ3v) is 5.61. The molecule has 160 valence electrons. The summed E-state index contributed by atoms with van der Waals surface area (Å²) in [6.45, 7) is 0.514. The Morgan fingerprint density at radius 3 is 1.93 bits per heavy atom. The zero-order chi connectivity index (χ0) is 20.9. The van der Waals surface area contributed by atoms with Gasteiger partial charge in [0.2, 0.25) is 0 Å². The molecule has 0 bridgehead atoms. The molecule has 4 nitrogen and oxygen atoms in total. The Morgan fingerprint density at radius 2 is 1.33 bits per heavy atom. The topological polar surface area (TPSA) is 50.7 Å². The molecule has 0 aromatic heterocycles. The van der Waals surface area contributed by atoms with E-state index >= 15 is 0 Å². The molecule has 1 fully saturated rings. The number of carbonyl (C=O) groups excluding carboxylic acids is 1. The highest BCUT2D eigenvalue weighted by Gasteiger charge is 2.07. The molecule has 1 aliphatic rings. The fraction of sp³-hybridized carbons (Fsp3) is 0.462. The van der Waals surface area contributed by atoms with Gasteiger partial charge in [0, 0.05) is 11.3 Å². The van der Waals surface area contributed by atoms with Crippen LogP contribution in [0.4, 0.5) is 0 Å². The number of amides is 1. The van der Waals surface area contributed by atoms with Crippen LogP contribution in [0.25, 0.3) is 0 Å². The van der Waals surface area contributed by atoms with Gasteiger partial charge in [-0.3, -0.25) is 4.79 Å². The molecule has 30 heavy (non-hydrogen) atoms. The highest BCUT2D eigenvalue weighted by atomic mass is 16.5. The van der Waals surface area contributed by atoms with Crippen molar-refractivity contribution >= 4 is 11.6 Å². The van der Waals surface area contributed by atoms with Gasteiger partial charge in [0.25, 0.3) is 5.91 Å². The minimum Gasteiger partial charge on any atom is -0.489 e. The molecular weight excluding hydrogens is 372 g/mol. The Balaban J connectivity index is 1.49. The van der Waals surface area contributed by atoms with Crippen molar-refractivity contribution in [1.29, 1.82) is 0 Å². The maximum Gasteiger partial charge on any atom is 0.271 e. The first-order valence-corrected chi connectivity index (χ1v) is 11.4. The molecule has 1 saturated carbocycles. The number of benzene rings is 2. The van der Waals surface area contributed by atoms with Crippen LogP contribution in [0, 0.1) is 0 Å². The van der Waals surface area contributed by atoms with Crippen molar-refractivity contribution in [2.45, 2.75) is 77.2 Å². The Hall–Kier alpha value is -2.62. The van der Waals surface area contributed by atoms with Gasteiger partial charge in [0.15, 0.2) is 0 Å². The van der Waals surface area contributed by atoms with Gasteiger partial charge in [-0.25, -0.2) is 5.43 Å². The summed E-state index contributed by atoms with van der Waals surface area (Å²) in [5.74, 6) is 0.587. The lowest BCUT2D eigenvalue weighted by Crippen LogP contribution is -2.19. The van der Waals surface area contributed by atoms with Crippen LogP contribution >= 0.6 is 0 Å². The van der Waals surface area contributed by atoms with Gasteiger partial charge in [-0.2, -0.15) is 5.10 Å². The second-order valence-corrected chi connectivity index (χ2v) is 8.10. The maximum absolute atomic E-state index is 12.5. The highest BCUT2D eigenvalue weighted by molar-refractivity contribution is 5.95. The van der Waals surface area contributed by atoms with Crippen molar-refractivity contribution in [2.24, 2.45) is 5.10 Å². The van der Waals surface area contributed by atoms with E-state index in [1.165, 1.54) is 57.8 Å². The molecule has 1 aliphatic carbocycles. The predicted octanol–water partition coefficient (Wildman–Crippen LogP) is 6.66. The first-order valence-electron chi connectivity index (χ1n) is 11.4. The fourth-order valence-electron chi connectivity index (χ4n) is 3.77. The van der Waals surface area contributed by atoms with Gasteiger partial charge in [-0.1, -0.05) is 75.3 Å². The van der Waals surface area contributed by atoms with Gasteiger partial charge in [0.1, 0.15) is 12.4 Å². The van der Waals surface area contributed by atoms with E-state index in [9.17, 15) is 4.79 Å². The number of nitrogens with zero attached hydrogens (tertiary/aromatic N) is 1. The van der Waals surface area contributed by atoms with Gasteiger partial charge in [-0.05, 0) is 55.5 Å². The van der Waals surface area contributed by atoms with Crippen LogP contribution in [0.15, 0.2) is 59.7 Å². The fourth-order valence-corrected chi connectivity index (χ4v) is 3.77. The number of carbonyl (C=O) groups is 1. The van der Waals surface area contributed by atoms with E-state index in [2.05, 4.69) is 10.5 Å². The average molecular weight is 407 g/mol. The van der Waals surface area contributed by atoms with Crippen LogP contribution < -0.4 is 10.2 Å². The molecule has 1 amide bonds. The first kappa shape index (κ1) is 22.1. The third kappa shape index (κ3) is 8.02. The average Bonchev–Trinajstić information content (AvgIpc) is 2.78. The number of rotatable bonds is 5. The van der Waals surface area contributed by atoms with Crippen molar-refractivity contribution in [1.82, 2.24) is 5.43 Å². The number of hydrogen-bond donors (Lipinski definition) is 1. The quantitative estimate of drug-likeness (QED) is 0.565. The van der Waals surface area contributed by atoms with E-state index in [1.54, 1.807) is 12.1 Å². The SMILES string of the molecule is O=C(NN=C1CCCCCCCCCCC1)c1ccc(OCc2ccccc2)cc1. The number of hydrazone groups is 1. The monoisotopic (exact) mass is 406 g/mol. The summed E-state index contributed by atoms with van der Waals surface area (Å²) in [6, 6.07) is 17.3. The van der Waals surface area contributed by atoms with E-state index in [4.69, 9.17) is 4.74 Å². The summed E-state index contributed by atoms with van der Waals surface area (Å²) < 4.78 is 5.79. The second kappa shape index (κ2) is 12.8. The summed E-state index contributed by atoms with van der Waals surface area (Å²) in [4.78, 5) is 12.5. The maximum atomic E-state index is 12.5. The minimum atomic E-state index is -0.164. The Kier molecular flexibility index (Phi) is 9.45. The van der Waals surface area contributed by atoms with Gasteiger partial charge in [0.05, 0.1) is 0 Å². The Labute approximate surface area is 180 Å². The van der Waals surface area contributed by atoms with Crippen LogP contribution in [0.2, 0.25) is 0 Å². The molecular formula is C26H34N2O2. The normalized spacial score (nSPS) is 16.1. The minimum absolute atomic E-state index is 0.164. The molecule has 4 heteroatoms. The lowest BCUT2D eigenvalue weighted by molar-refractivity contribution is 0.0954. The van der Waals surface area contributed by atoms with Crippen molar-refractivity contribution in [3.8, 4) is 5.75 Å². The van der Waals surface area contributed by atoms with Crippen LogP contribution in [-0.2, 0) is 6.61 Å².